The number of methoxy groups -OCH3 is 1. The molecule has 0 fully saturated rings. The molecule has 0 spiro atoms. The lowest BCUT2D eigenvalue weighted by atomic mass is 10.2. The molecule has 11 heteroatoms. The van der Waals surface area contributed by atoms with E-state index in [-0.39, 0.29) is 22.1 Å². The molecule has 1 heterocycles. The molecule has 0 saturated carbocycles. The number of carbonyl (C=O) groups excluding carboxylic acids is 1. The maximum absolute atomic E-state index is 13.1. The van der Waals surface area contributed by atoms with Crippen molar-refractivity contribution in [2.45, 2.75) is 12.4 Å². The highest BCUT2D eigenvalue weighted by Crippen LogP contribution is 2.36. The predicted molar refractivity (Wildman–Crippen MR) is 94.5 cm³/mol. The van der Waals surface area contributed by atoms with Gasteiger partial charge < -0.3 is 10.1 Å². The minimum Gasteiger partial charge on any atom is -0.497 e. The van der Waals surface area contributed by atoms with E-state index in [1.54, 1.807) is 12.1 Å². The Morgan fingerprint density at radius 1 is 0.933 bits per heavy atom. The van der Waals surface area contributed by atoms with Crippen LogP contribution in [0.15, 0.2) is 54.6 Å². The van der Waals surface area contributed by atoms with Gasteiger partial charge in [-0.15, -0.1) is 0 Å². The van der Waals surface area contributed by atoms with Crippen LogP contribution < -0.4 is 10.1 Å². The molecule has 0 aliphatic carbocycles. The number of ether oxygens (including phenoxy) is 1. The van der Waals surface area contributed by atoms with E-state index in [1.165, 1.54) is 31.4 Å². The molecule has 0 aliphatic rings. The van der Waals surface area contributed by atoms with Gasteiger partial charge in [0.2, 0.25) is 0 Å². The van der Waals surface area contributed by atoms with Gasteiger partial charge in [-0.05, 0) is 48.5 Å². The number of nitrogens with zero attached hydrogens (tertiary/aromatic N) is 2. The van der Waals surface area contributed by atoms with E-state index in [0.29, 0.717) is 11.3 Å². The summed E-state index contributed by atoms with van der Waals surface area (Å²) in [5.74, 6) is 0.0636. The van der Waals surface area contributed by atoms with Crippen LogP contribution in [-0.4, -0.2) is 22.8 Å². The molecule has 158 valence electrons. The molecule has 1 aromatic heterocycles. The van der Waals surface area contributed by atoms with E-state index in [4.69, 9.17) is 4.74 Å². The highest BCUT2D eigenvalue weighted by molar-refractivity contribution is 6.04. The standard InChI is InChI=1S/C19H13F6N3O2/c1-30-14-8-2-11(3-9-14)17(29)26-12-4-6-13(7-5-12)28-16(19(23,24)25)10-15(27-28)18(20,21)22/h2-10H,1H3,(H,26,29). The van der Waals surface area contributed by atoms with Gasteiger partial charge in [0.15, 0.2) is 5.69 Å². The van der Waals surface area contributed by atoms with Crippen LogP contribution in [0.2, 0.25) is 0 Å². The van der Waals surface area contributed by atoms with Crippen molar-refractivity contribution < 1.29 is 35.9 Å². The first-order valence-electron chi connectivity index (χ1n) is 8.29. The fourth-order valence-corrected chi connectivity index (χ4v) is 2.55. The van der Waals surface area contributed by atoms with E-state index < -0.39 is 29.6 Å². The largest absolute Gasteiger partial charge is 0.497 e. The molecule has 0 atom stereocenters. The number of amides is 1. The second kappa shape index (κ2) is 7.73. The van der Waals surface area contributed by atoms with E-state index >= 15 is 0 Å². The quantitative estimate of drug-likeness (QED) is 0.583. The molecule has 0 bridgehead atoms. The first-order chi connectivity index (χ1) is 14.0. The molecule has 1 amide bonds. The Balaban J connectivity index is 1.85. The third-order valence-electron chi connectivity index (χ3n) is 4.01. The molecule has 5 nitrogen and oxygen atoms in total. The summed E-state index contributed by atoms with van der Waals surface area (Å²) >= 11 is 0. The normalized spacial score (nSPS) is 12.0. The minimum atomic E-state index is -5.04. The van der Waals surface area contributed by atoms with Gasteiger partial charge in [-0.1, -0.05) is 0 Å². The van der Waals surface area contributed by atoms with E-state index in [9.17, 15) is 31.1 Å². The predicted octanol–water partition coefficient (Wildman–Crippen LogP) is 5.17. The summed E-state index contributed by atoms with van der Waals surface area (Å²) in [7, 11) is 1.47. The number of hydrogen-bond donors (Lipinski definition) is 1. The Morgan fingerprint density at radius 2 is 1.53 bits per heavy atom. The van der Waals surface area contributed by atoms with Crippen LogP contribution in [-0.2, 0) is 12.4 Å². The summed E-state index contributed by atoms with van der Waals surface area (Å²) in [5.41, 5.74) is -2.94. The lowest BCUT2D eigenvalue weighted by Crippen LogP contribution is -2.14. The van der Waals surface area contributed by atoms with Crippen molar-refractivity contribution in [2.75, 3.05) is 12.4 Å². The van der Waals surface area contributed by atoms with E-state index in [0.717, 1.165) is 12.1 Å². The maximum atomic E-state index is 13.1. The average molecular weight is 429 g/mol. The highest BCUT2D eigenvalue weighted by atomic mass is 19.4. The monoisotopic (exact) mass is 429 g/mol. The van der Waals surface area contributed by atoms with Gasteiger partial charge in [-0.25, -0.2) is 4.68 Å². The van der Waals surface area contributed by atoms with Gasteiger partial charge in [-0.3, -0.25) is 4.79 Å². The fourth-order valence-electron chi connectivity index (χ4n) is 2.55. The summed E-state index contributed by atoms with van der Waals surface area (Å²) in [6, 6.07) is 10.9. The van der Waals surface area contributed by atoms with Crippen molar-refractivity contribution in [3.8, 4) is 11.4 Å². The number of alkyl halides is 6. The number of hydrogen-bond acceptors (Lipinski definition) is 3. The van der Waals surface area contributed by atoms with Crippen molar-refractivity contribution in [2.24, 2.45) is 0 Å². The number of carbonyl (C=O) groups is 1. The Morgan fingerprint density at radius 3 is 2.03 bits per heavy atom. The number of benzene rings is 2. The first kappa shape index (κ1) is 21.2. The molecule has 0 unspecified atom stereocenters. The van der Waals surface area contributed by atoms with Gasteiger partial charge in [0.05, 0.1) is 12.8 Å². The van der Waals surface area contributed by atoms with Gasteiger partial charge in [0.1, 0.15) is 11.4 Å². The summed E-state index contributed by atoms with van der Waals surface area (Å²) in [4.78, 5) is 12.2. The van der Waals surface area contributed by atoms with Crippen molar-refractivity contribution >= 4 is 11.6 Å². The summed E-state index contributed by atoms with van der Waals surface area (Å²) in [6.45, 7) is 0. The fraction of sp³-hybridized carbons (Fsp3) is 0.158. The van der Waals surface area contributed by atoms with Crippen LogP contribution in [0.1, 0.15) is 21.7 Å². The number of rotatable bonds is 4. The zero-order valence-electron chi connectivity index (χ0n) is 15.2. The lowest BCUT2D eigenvalue weighted by molar-refractivity contribution is -0.143. The zero-order valence-corrected chi connectivity index (χ0v) is 15.2. The Bertz CT molecular complexity index is 1040. The van der Waals surface area contributed by atoms with Gasteiger partial charge >= 0.3 is 12.4 Å². The molecule has 30 heavy (non-hydrogen) atoms. The van der Waals surface area contributed by atoms with Crippen molar-refractivity contribution in [1.29, 1.82) is 0 Å². The van der Waals surface area contributed by atoms with Crippen molar-refractivity contribution in [3.63, 3.8) is 0 Å². The molecule has 1 N–H and O–H groups in total. The minimum absolute atomic E-state index is 0.0562. The van der Waals surface area contributed by atoms with Crippen LogP contribution in [0, 0.1) is 0 Å². The van der Waals surface area contributed by atoms with Crippen LogP contribution in [0.25, 0.3) is 5.69 Å². The van der Waals surface area contributed by atoms with Gasteiger partial charge in [0, 0.05) is 17.3 Å². The average Bonchev–Trinajstić information content (AvgIpc) is 3.15. The molecule has 0 saturated heterocycles. The third-order valence-corrected chi connectivity index (χ3v) is 4.01. The van der Waals surface area contributed by atoms with E-state index in [1.807, 2.05) is 0 Å². The Labute approximate surface area is 165 Å². The van der Waals surface area contributed by atoms with Crippen molar-refractivity contribution in [1.82, 2.24) is 9.78 Å². The first-order valence-corrected chi connectivity index (χ1v) is 8.29. The Hall–Kier alpha value is -3.50. The third kappa shape index (κ3) is 4.56. The topological polar surface area (TPSA) is 56.1 Å². The van der Waals surface area contributed by atoms with Crippen LogP contribution in [0.4, 0.5) is 32.0 Å². The van der Waals surface area contributed by atoms with Crippen LogP contribution in [0.3, 0.4) is 0 Å². The zero-order chi connectivity index (χ0) is 22.1. The number of nitrogens with one attached hydrogen (secondary N) is 1. The van der Waals surface area contributed by atoms with E-state index in [2.05, 4.69) is 10.4 Å². The summed E-state index contributed by atoms with van der Waals surface area (Å²) in [6.07, 6.45) is -10.1. The molecular weight excluding hydrogens is 416 g/mol. The molecular formula is C19H13F6N3O2. The number of aromatic nitrogens is 2. The second-order valence-electron chi connectivity index (χ2n) is 6.05. The molecule has 3 aromatic rings. The van der Waals surface area contributed by atoms with Crippen LogP contribution in [0.5, 0.6) is 5.75 Å². The van der Waals surface area contributed by atoms with Crippen molar-refractivity contribution in [3.05, 3.63) is 71.5 Å². The summed E-state index contributed by atoms with van der Waals surface area (Å²) in [5, 5.41) is 5.58. The Kier molecular flexibility index (Phi) is 5.47. The molecule has 0 aliphatic heterocycles. The smallest absolute Gasteiger partial charge is 0.435 e. The molecule has 0 radical (unpaired) electrons. The summed E-state index contributed by atoms with van der Waals surface area (Å²) < 4.78 is 83.0. The lowest BCUT2D eigenvalue weighted by Gasteiger charge is -2.11. The second-order valence-corrected chi connectivity index (χ2v) is 6.05. The highest BCUT2D eigenvalue weighted by Gasteiger charge is 2.42. The molecule has 3 rings (SSSR count). The number of halogens is 6. The SMILES string of the molecule is COc1ccc(C(=O)Nc2ccc(-n3nc(C(F)(F)F)cc3C(F)(F)F)cc2)cc1. The molecule has 2 aromatic carbocycles. The number of anilines is 1. The van der Waals surface area contributed by atoms with Crippen LogP contribution >= 0.6 is 0 Å². The van der Waals surface area contributed by atoms with Gasteiger partial charge in [-0.2, -0.15) is 31.4 Å². The van der Waals surface area contributed by atoms with Gasteiger partial charge in [0.25, 0.3) is 5.91 Å². The maximum Gasteiger partial charge on any atom is 0.435 e.